The van der Waals surface area contributed by atoms with Gasteiger partial charge >= 0.3 is 12.1 Å². The van der Waals surface area contributed by atoms with Gasteiger partial charge in [-0.25, -0.2) is 0 Å². The number of carbonyl (C=O) groups excluding carboxylic acids is 1. The van der Waals surface area contributed by atoms with Gasteiger partial charge in [-0.2, -0.15) is 13.2 Å². The van der Waals surface area contributed by atoms with E-state index in [4.69, 9.17) is 4.74 Å². The van der Waals surface area contributed by atoms with Crippen molar-refractivity contribution >= 4 is 43.5 Å². The minimum atomic E-state index is -5.01. The number of rotatable bonds is 8. The number of halogens is 5. The average Bonchev–Trinajstić information content (AvgIpc) is 2.79. The third-order valence-corrected chi connectivity index (χ3v) is 6.52. The molecule has 33 heavy (non-hydrogen) atoms. The fourth-order valence-electron chi connectivity index (χ4n) is 3.39. The quantitative estimate of drug-likeness (QED) is 0.311. The van der Waals surface area contributed by atoms with Crippen LogP contribution in [-0.4, -0.2) is 25.2 Å². The highest BCUT2D eigenvalue weighted by Crippen LogP contribution is 2.32. The second-order valence-electron chi connectivity index (χ2n) is 7.25. The number of amides is 1. The summed E-state index contributed by atoms with van der Waals surface area (Å²) in [6.45, 7) is 0. The second-order valence-corrected chi connectivity index (χ2v) is 8.95. The topological polar surface area (TPSA) is 50.4 Å². The summed E-state index contributed by atoms with van der Waals surface area (Å²) in [7, 11) is 1.55. The third kappa shape index (κ3) is 6.74. The molecule has 0 saturated carbocycles. The maximum absolute atomic E-state index is 13.2. The number of benzene rings is 3. The predicted octanol–water partition coefficient (Wildman–Crippen LogP) is 6.66. The van der Waals surface area contributed by atoms with Crippen molar-refractivity contribution in [2.45, 2.75) is 24.7 Å². The van der Waals surface area contributed by atoms with E-state index in [-0.39, 0.29) is 6.42 Å². The van der Waals surface area contributed by atoms with Crippen LogP contribution in [0.3, 0.4) is 0 Å². The number of methoxy groups -OCH3 is 1. The van der Waals surface area contributed by atoms with Crippen LogP contribution in [0, 0.1) is 0 Å². The van der Waals surface area contributed by atoms with Crippen LogP contribution in [0.25, 0.3) is 0 Å². The van der Waals surface area contributed by atoms with Crippen LogP contribution in [0.1, 0.15) is 17.2 Å². The number of anilines is 1. The molecule has 0 aliphatic heterocycles. The van der Waals surface area contributed by atoms with Gasteiger partial charge in [0.1, 0.15) is 5.75 Å². The van der Waals surface area contributed by atoms with Gasteiger partial charge in [-0.15, -0.1) is 0 Å². The van der Waals surface area contributed by atoms with Crippen LogP contribution >= 0.6 is 31.9 Å². The van der Waals surface area contributed by atoms with Gasteiger partial charge in [-0.3, -0.25) is 4.79 Å². The van der Waals surface area contributed by atoms with E-state index >= 15 is 0 Å². The summed E-state index contributed by atoms with van der Waals surface area (Å²) in [5.41, 5.74) is 2.13. The van der Waals surface area contributed by atoms with Crippen LogP contribution in [-0.2, 0) is 11.2 Å². The molecular formula is C24H21Br2F3N2O2. The molecule has 4 nitrogen and oxygen atoms in total. The molecule has 2 N–H and O–H groups in total. The van der Waals surface area contributed by atoms with Gasteiger partial charge < -0.3 is 15.4 Å². The number of hydrogen-bond acceptors (Lipinski definition) is 3. The molecule has 0 radical (unpaired) electrons. The van der Waals surface area contributed by atoms with Gasteiger partial charge in [0.2, 0.25) is 0 Å². The number of nitrogens with one attached hydrogen (secondary N) is 2. The van der Waals surface area contributed by atoms with Crippen molar-refractivity contribution in [2.24, 2.45) is 0 Å². The molecule has 0 aliphatic rings. The van der Waals surface area contributed by atoms with Gasteiger partial charge in [-0.1, -0.05) is 68.3 Å². The molecule has 0 spiro atoms. The first kappa shape index (κ1) is 25.1. The first-order chi connectivity index (χ1) is 15.7. The van der Waals surface area contributed by atoms with Crippen molar-refractivity contribution in [3.63, 3.8) is 0 Å². The molecule has 3 aromatic carbocycles. The molecule has 0 bridgehead atoms. The summed E-state index contributed by atoms with van der Waals surface area (Å²) in [5, 5.41) is 5.51. The van der Waals surface area contributed by atoms with E-state index in [1.165, 1.54) is 0 Å². The van der Waals surface area contributed by atoms with Crippen LogP contribution in [0.15, 0.2) is 81.7 Å². The minimum Gasteiger partial charge on any atom is -0.497 e. The summed E-state index contributed by atoms with van der Waals surface area (Å²) in [6.07, 6.45) is -4.86. The van der Waals surface area contributed by atoms with Crippen molar-refractivity contribution < 1.29 is 22.7 Å². The zero-order valence-corrected chi connectivity index (χ0v) is 20.7. The largest absolute Gasteiger partial charge is 0.497 e. The Labute approximate surface area is 206 Å². The fraction of sp³-hybridized carbons (Fsp3) is 0.208. The van der Waals surface area contributed by atoms with E-state index in [2.05, 4.69) is 42.5 Å². The summed E-state index contributed by atoms with van der Waals surface area (Å²) in [6, 6.07) is 19.9. The Balaban J connectivity index is 2.05. The van der Waals surface area contributed by atoms with Crippen LogP contribution < -0.4 is 15.4 Å². The lowest BCUT2D eigenvalue weighted by atomic mass is 9.93. The highest BCUT2D eigenvalue weighted by molar-refractivity contribution is 9.10. The Morgan fingerprint density at radius 1 is 0.939 bits per heavy atom. The molecule has 0 saturated heterocycles. The highest BCUT2D eigenvalue weighted by Gasteiger charge is 2.41. The molecule has 3 aromatic rings. The molecule has 1 amide bonds. The van der Waals surface area contributed by atoms with Crippen molar-refractivity contribution in [2.75, 3.05) is 12.4 Å². The van der Waals surface area contributed by atoms with E-state index in [9.17, 15) is 18.0 Å². The lowest BCUT2D eigenvalue weighted by molar-refractivity contribution is -0.174. The monoisotopic (exact) mass is 584 g/mol. The van der Waals surface area contributed by atoms with Crippen LogP contribution in [0.5, 0.6) is 5.75 Å². The molecular weight excluding hydrogens is 565 g/mol. The minimum absolute atomic E-state index is 0.151. The molecule has 0 unspecified atom stereocenters. The van der Waals surface area contributed by atoms with Crippen molar-refractivity contribution in [3.8, 4) is 5.75 Å². The molecule has 0 heterocycles. The molecule has 0 aliphatic carbocycles. The van der Waals surface area contributed by atoms with Gasteiger partial charge in [0.05, 0.1) is 19.2 Å². The smallest absolute Gasteiger partial charge is 0.471 e. The Morgan fingerprint density at radius 2 is 1.55 bits per heavy atom. The standard InChI is InChI=1S/C24H21Br2F3N2O2/c1-33-17-12-10-16(11-13-17)30-22(18-7-3-5-9-20(18)26)21(31-23(32)24(27,28)29)14-15-6-2-4-8-19(15)25/h2-13,21-22,30H,14H2,1H3,(H,31,32)/t21-,22+/m0/s1. The summed E-state index contributed by atoms with van der Waals surface area (Å²) in [5.74, 6) is -1.35. The van der Waals surface area contributed by atoms with Crippen molar-refractivity contribution in [1.29, 1.82) is 0 Å². The van der Waals surface area contributed by atoms with E-state index in [0.29, 0.717) is 21.5 Å². The summed E-state index contributed by atoms with van der Waals surface area (Å²) >= 11 is 6.96. The Bertz CT molecular complexity index is 1090. The Hall–Kier alpha value is -2.52. The average molecular weight is 586 g/mol. The van der Waals surface area contributed by atoms with Crippen LogP contribution in [0.4, 0.5) is 18.9 Å². The van der Waals surface area contributed by atoms with E-state index in [1.807, 2.05) is 18.2 Å². The van der Waals surface area contributed by atoms with Gasteiger partial charge in [-0.05, 0) is 53.9 Å². The number of carbonyl (C=O) groups is 1. The number of hydrogen-bond donors (Lipinski definition) is 2. The van der Waals surface area contributed by atoms with Crippen LogP contribution in [0.2, 0.25) is 0 Å². The number of ether oxygens (including phenoxy) is 1. The molecule has 3 rings (SSSR count). The lowest BCUT2D eigenvalue weighted by Crippen LogP contribution is -2.48. The Kier molecular flexibility index (Phi) is 8.42. The SMILES string of the molecule is COc1ccc(N[C@H](c2ccccc2Br)[C@H](Cc2ccccc2Br)NC(=O)C(F)(F)F)cc1. The fourth-order valence-corrected chi connectivity index (χ4v) is 4.37. The highest BCUT2D eigenvalue weighted by atomic mass is 79.9. The summed E-state index contributed by atoms with van der Waals surface area (Å²) < 4.78 is 46.3. The predicted molar refractivity (Wildman–Crippen MR) is 129 cm³/mol. The number of alkyl halides is 3. The van der Waals surface area contributed by atoms with Crippen molar-refractivity contribution in [3.05, 3.63) is 92.9 Å². The zero-order chi connectivity index (χ0) is 24.0. The molecule has 2 atom stereocenters. The van der Waals surface area contributed by atoms with Gasteiger partial charge in [0, 0.05) is 14.6 Å². The van der Waals surface area contributed by atoms with Gasteiger partial charge in [0.25, 0.3) is 0 Å². The maximum Gasteiger partial charge on any atom is 0.471 e. The molecule has 0 fully saturated rings. The first-order valence-electron chi connectivity index (χ1n) is 9.95. The van der Waals surface area contributed by atoms with E-state index in [0.717, 1.165) is 10.0 Å². The normalized spacial score (nSPS) is 13.2. The summed E-state index contributed by atoms with van der Waals surface area (Å²) in [4.78, 5) is 12.0. The molecule has 174 valence electrons. The van der Waals surface area contributed by atoms with Crippen molar-refractivity contribution in [1.82, 2.24) is 5.32 Å². The third-order valence-electron chi connectivity index (χ3n) is 5.03. The van der Waals surface area contributed by atoms with E-state index < -0.39 is 24.2 Å². The molecule has 0 aromatic heterocycles. The van der Waals surface area contributed by atoms with Gasteiger partial charge in [0.15, 0.2) is 0 Å². The van der Waals surface area contributed by atoms with E-state index in [1.54, 1.807) is 61.7 Å². The second kappa shape index (κ2) is 11.1. The first-order valence-corrected chi connectivity index (χ1v) is 11.5. The Morgan fingerprint density at radius 3 is 2.12 bits per heavy atom. The zero-order valence-electron chi connectivity index (χ0n) is 17.5. The maximum atomic E-state index is 13.2. The lowest BCUT2D eigenvalue weighted by Gasteiger charge is -2.31. The molecule has 9 heteroatoms.